The summed E-state index contributed by atoms with van der Waals surface area (Å²) in [5.74, 6) is 0.645. The van der Waals surface area contributed by atoms with E-state index in [1.165, 1.54) is 0 Å². The molecule has 11 heteroatoms. The SMILES string of the molecule is CCOc1cccc2sc(N3CCN(CCNC(=O)c4ccc(S(=O)(=O)N5CCCCC5CC)cc4)CC3)nc12. The number of aromatic nitrogens is 1. The molecule has 3 aromatic rings. The minimum Gasteiger partial charge on any atom is -0.492 e. The second-order valence-corrected chi connectivity index (χ2v) is 13.2. The summed E-state index contributed by atoms with van der Waals surface area (Å²) in [4.78, 5) is 22.5. The third-order valence-electron chi connectivity index (χ3n) is 7.79. The van der Waals surface area contributed by atoms with E-state index < -0.39 is 10.0 Å². The van der Waals surface area contributed by atoms with Crippen molar-refractivity contribution in [3.63, 3.8) is 0 Å². The number of piperazine rings is 1. The number of rotatable bonds is 10. The molecule has 1 unspecified atom stereocenters. The van der Waals surface area contributed by atoms with Gasteiger partial charge in [0.05, 0.1) is 16.2 Å². The van der Waals surface area contributed by atoms with Crippen LogP contribution < -0.4 is 15.0 Å². The number of amides is 1. The Kier molecular flexibility index (Phi) is 9.24. The number of benzene rings is 2. The van der Waals surface area contributed by atoms with E-state index in [1.54, 1.807) is 39.9 Å². The van der Waals surface area contributed by atoms with Gasteiger partial charge in [0.15, 0.2) is 5.13 Å². The normalized spacial score (nSPS) is 19.1. The number of ether oxygens (including phenoxy) is 1. The average Bonchev–Trinajstić information content (AvgIpc) is 3.43. The van der Waals surface area contributed by atoms with Gasteiger partial charge in [-0.2, -0.15) is 4.31 Å². The fourth-order valence-corrected chi connectivity index (χ4v) is 8.33. The molecule has 2 saturated heterocycles. The standard InChI is InChI=1S/C29H39N5O4S2/c1-3-23-8-5-6-16-34(23)40(36,37)24-13-11-22(12-14-24)28(35)30-15-17-32-18-20-33(21-19-32)29-31-27-25(38-4-2)9-7-10-26(27)39-29/h7,9-14,23H,3-6,8,15-21H2,1-2H3,(H,30,35). The number of fused-ring (bicyclic) bond motifs is 1. The van der Waals surface area contributed by atoms with Gasteiger partial charge in [0.1, 0.15) is 11.3 Å². The number of sulfonamides is 1. The fourth-order valence-electron chi connectivity index (χ4n) is 5.52. The Morgan fingerprint density at radius 3 is 2.55 bits per heavy atom. The maximum atomic E-state index is 13.2. The van der Waals surface area contributed by atoms with Crippen molar-refractivity contribution in [2.75, 3.05) is 57.3 Å². The molecule has 0 spiro atoms. The van der Waals surface area contributed by atoms with Crippen LogP contribution in [0.2, 0.25) is 0 Å². The smallest absolute Gasteiger partial charge is 0.251 e. The molecule has 2 aliphatic heterocycles. The molecule has 1 amide bonds. The molecule has 1 atom stereocenters. The Hall–Kier alpha value is -2.73. The van der Waals surface area contributed by atoms with Crippen LogP contribution in [-0.2, 0) is 10.0 Å². The van der Waals surface area contributed by atoms with Gasteiger partial charge in [-0.3, -0.25) is 9.69 Å². The largest absolute Gasteiger partial charge is 0.492 e. The Morgan fingerprint density at radius 1 is 1.05 bits per heavy atom. The molecule has 1 N–H and O–H groups in total. The van der Waals surface area contributed by atoms with Crippen LogP contribution in [0.3, 0.4) is 0 Å². The van der Waals surface area contributed by atoms with Gasteiger partial charge < -0.3 is 15.0 Å². The number of nitrogens with one attached hydrogen (secondary N) is 1. The molecule has 0 radical (unpaired) electrons. The third-order valence-corrected chi connectivity index (χ3v) is 10.8. The van der Waals surface area contributed by atoms with Crippen LogP contribution in [0, 0.1) is 0 Å². The van der Waals surface area contributed by atoms with Crippen molar-refractivity contribution in [1.82, 2.24) is 19.5 Å². The number of piperidine rings is 1. The number of nitrogens with zero attached hydrogens (tertiary/aromatic N) is 4. The molecule has 3 heterocycles. The Bertz CT molecular complexity index is 1400. The van der Waals surface area contributed by atoms with Crippen LogP contribution in [0.25, 0.3) is 10.2 Å². The van der Waals surface area contributed by atoms with Gasteiger partial charge >= 0.3 is 0 Å². The van der Waals surface area contributed by atoms with Gasteiger partial charge in [-0.05, 0) is 62.6 Å². The lowest BCUT2D eigenvalue weighted by molar-refractivity contribution is 0.0947. The van der Waals surface area contributed by atoms with Crippen LogP contribution >= 0.6 is 11.3 Å². The molecule has 2 aromatic carbocycles. The molecule has 5 rings (SSSR count). The first-order chi connectivity index (χ1) is 19.4. The zero-order valence-corrected chi connectivity index (χ0v) is 25.0. The molecule has 2 fully saturated rings. The van der Waals surface area contributed by atoms with Crippen molar-refractivity contribution < 1.29 is 17.9 Å². The number of anilines is 1. The minimum atomic E-state index is -3.55. The van der Waals surface area contributed by atoms with E-state index in [0.29, 0.717) is 25.3 Å². The summed E-state index contributed by atoms with van der Waals surface area (Å²) in [6.07, 6.45) is 3.68. The highest BCUT2D eigenvalue weighted by Crippen LogP contribution is 2.34. The summed E-state index contributed by atoms with van der Waals surface area (Å²) in [7, 11) is -3.55. The minimum absolute atomic E-state index is 0.0537. The van der Waals surface area contributed by atoms with E-state index in [1.807, 2.05) is 26.0 Å². The summed E-state index contributed by atoms with van der Waals surface area (Å²) in [6, 6.07) is 12.5. The molecular weight excluding hydrogens is 546 g/mol. The predicted molar refractivity (Wildman–Crippen MR) is 160 cm³/mol. The molecular formula is C29H39N5O4S2. The number of carbonyl (C=O) groups excluding carboxylic acids is 1. The average molecular weight is 586 g/mol. The number of hydrogen-bond acceptors (Lipinski definition) is 8. The number of para-hydroxylation sites is 1. The quantitative estimate of drug-likeness (QED) is 0.381. The molecule has 0 aliphatic carbocycles. The van der Waals surface area contributed by atoms with Crippen molar-refractivity contribution in [3.8, 4) is 5.75 Å². The summed E-state index contributed by atoms with van der Waals surface area (Å²) < 4.78 is 34.9. The summed E-state index contributed by atoms with van der Waals surface area (Å²) in [5, 5.41) is 4.00. The number of thiazole rings is 1. The van der Waals surface area contributed by atoms with Gasteiger partial charge in [-0.15, -0.1) is 0 Å². The number of hydrogen-bond donors (Lipinski definition) is 1. The molecule has 9 nitrogen and oxygen atoms in total. The van der Waals surface area contributed by atoms with Crippen molar-refractivity contribution in [2.45, 2.75) is 50.5 Å². The lowest BCUT2D eigenvalue weighted by Gasteiger charge is -2.34. The van der Waals surface area contributed by atoms with Crippen molar-refractivity contribution >= 4 is 42.6 Å². The monoisotopic (exact) mass is 585 g/mol. The highest BCUT2D eigenvalue weighted by atomic mass is 32.2. The van der Waals surface area contributed by atoms with E-state index in [0.717, 1.165) is 79.5 Å². The fraction of sp³-hybridized carbons (Fsp3) is 0.517. The molecule has 2 aliphatic rings. The van der Waals surface area contributed by atoms with Crippen molar-refractivity contribution in [2.24, 2.45) is 0 Å². The zero-order chi connectivity index (χ0) is 28.1. The van der Waals surface area contributed by atoms with Gasteiger partial charge in [0.25, 0.3) is 5.91 Å². The van der Waals surface area contributed by atoms with Crippen LogP contribution in [-0.4, -0.2) is 87.0 Å². The van der Waals surface area contributed by atoms with Crippen molar-refractivity contribution in [1.29, 1.82) is 0 Å². The van der Waals surface area contributed by atoms with Crippen LogP contribution in [0.4, 0.5) is 5.13 Å². The maximum absolute atomic E-state index is 13.2. The predicted octanol–water partition coefficient (Wildman–Crippen LogP) is 4.20. The molecule has 1 aromatic heterocycles. The second-order valence-electron chi connectivity index (χ2n) is 10.3. The third kappa shape index (κ3) is 6.27. The van der Waals surface area contributed by atoms with Crippen LogP contribution in [0.5, 0.6) is 5.75 Å². The van der Waals surface area contributed by atoms with Gasteiger partial charge in [-0.25, -0.2) is 13.4 Å². The lowest BCUT2D eigenvalue weighted by atomic mass is 10.0. The Balaban J connectivity index is 1.09. The molecule has 216 valence electrons. The summed E-state index contributed by atoms with van der Waals surface area (Å²) >= 11 is 1.69. The highest BCUT2D eigenvalue weighted by Gasteiger charge is 2.32. The van der Waals surface area contributed by atoms with E-state index >= 15 is 0 Å². The lowest BCUT2D eigenvalue weighted by Crippen LogP contribution is -2.48. The Labute approximate surface area is 241 Å². The number of carbonyl (C=O) groups is 1. The van der Waals surface area contributed by atoms with E-state index in [-0.39, 0.29) is 16.8 Å². The maximum Gasteiger partial charge on any atom is 0.251 e. The first-order valence-electron chi connectivity index (χ1n) is 14.3. The Morgan fingerprint density at radius 2 is 1.82 bits per heavy atom. The molecule has 0 bridgehead atoms. The zero-order valence-electron chi connectivity index (χ0n) is 23.3. The highest BCUT2D eigenvalue weighted by molar-refractivity contribution is 7.89. The van der Waals surface area contributed by atoms with E-state index in [4.69, 9.17) is 9.72 Å². The first-order valence-corrected chi connectivity index (χ1v) is 16.6. The second kappa shape index (κ2) is 12.8. The topological polar surface area (TPSA) is 95.1 Å². The summed E-state index contributed by atoms with van der Waals surface area (Å²) in [5.41, 5.74) is 1.40. The van der Waals surface area contributed by atoms with E-state index in [9.17, 15) is 13.2 Å². The van der Waals surface area contributed by atoms with Gasteiger partial charge in [-0.1, -0.05) is 30.7 Å². The summed E-state index contributed by atoms with van der Waals surface area (Å²) in [6.45, 7) is 10.0. The van der Waals surface area contributed by atoms with Gasteiger partial charge in [0.2, 0.25) is 10.0 Å². The van der Waals surface area contributed by atoms with E-state index in [2.05, 4.69) is 21.2 Å². The van der Waals surface area contributed by atoms with Crippen LogP contribution in [0.1, 0.15) is 49.9 Å². The molecule has 40 heavy (non-hydrogen) atoms. The molecule has 0 saturated carbocycles. The van der Waals surface area contributed by atoms with Crippen molar-refractivity contribution in [3.05, 3.63) is 48.0 Å². The van der Waals surface area contributed by atoms with Gasteiger partial charge in [0, 0.05) is 57.4 Å². The first kappa shape index (κ1) is 28.8. The van der Waals surface area contributed by atoms with Crippen LogP contribution in [0.15, 0.2) is 47.4 Å².